The number of rotatable bonds is 11. The first kappa shape index (κ1) is 28.5. The molecule has 1 heterocycles. The monoisotopic (exact) mass is 555 g/mol. The molecular weight excluding hydrogens is 527 g/mol. The fraction of sp³-hybridized carbons (Fsp3) is 0.276. The van der Waals surface area contributed by atoms with Gasteiger partial charge in [-0.2, -0.15) is 4.99 Å². The standard InChI is InChI=1S/C29H28F3N3O5/c30-29(31,32)40-24-14-12-23(13-15-24)34-28-35(18-4-7-20-5-2-1-3-6-20)25(19-39-28)21-8-10-22(11-9-21)27(38)33-17-16-26(36)37/h1-3,5-6,8-15,25H,4,7,16-19H2,(H,33,38)(H,36,37). The Bertz CT molecular complexity index is 1310. The number of alkyl halides is 3. The molecule has 1 amide bonds. The Kier molecular flexibility index (Phi) is 9.26. The molecule has 3 aromatic rings. The summed E-state index contributed by atoms with van der Waals surface area (Å²) in [4.78, 5) is 29.6. The zero-order chi connectivity index (χ0) is 28.5. The van der Waals surface area contributed by atoms with Gasteiger partial charge in [-0.05, 0) is 60.4 Å². The lowest BCUT2D eigenvalue weighted by molar-refractivity contribution is -0.274. The summed E-state index contributed by atoms with van der Waals surface area (Å²) >= 11 is 0. The Morgan fingerprint density at radius 1 is 1.02 bits per heavy atom. The third-order valence-electron chi connectivity index (χ3n) is 6.18. The Morgan fingerprint density at radius 3 is 2.38 bits per heavy atom. The Labute approximate surface area is 229 Å². The number of aryl methyl sites for hydroxylation is 1. The lowest BCUT2D eigenvalue weighted by Gasteiger charge is -2.24. The van der Waals surface area contributed by atoms with E-state index in [0.29, 0.717) is 30.4 Å². The average Bonchev–Trinajstić information content (AvgIpc) is 3.31. The van der Waals surface area contributed by atoms with Gasteiger partial charge in [0.1, 0.15) is 12.4 Å². The Balaban J connectivity index is 1.49. The number of hydrogen-bond acceptors (Lipinski definition) is 5. The molecule has 1 saturated heterocycles. The first-order valence-electron chi connectivity index (χ1n) is 12.7. The number of amides is 1. The van der Waals surface area contributed by atoms with Crippen molar-refractivity contribution in [1.82, 2.24) is 10.2 Å². The molecule has 8 nitrogen and oxygen atoms in total. The number of carbonyl (C=O) groups excluding carboxylic acids is 1. The molecule has 0 radical (unpaired) electrons. The molecule has 210 valence electrons. The van der Waals surface area contributed by atoms with Crippen LogP contribution in [0.15, 0.2) is 83.9 Å². The smallest absolute Gasteiger partial charge is 0.481 e. The summed E-state index contributed by atoms with van der Waals surface area (Å²) in [5, 5.41) is 11.3. The molecular formula is C29H28F3N3O5. The predicted octanol–water partition coefficient (Wildman–Crippen LogP) is 5.48. The fourth-order valence-corrected chi connectivity index (χ4v) is 4.26. The molecule has 11 heteroatoms. The molecule has 4 rings (SSSR count). The lowest BCUT2D eigenvalue weighted by Crippen LogP contribution is -2.30. The Morgan fingerprint density at radius 2 is 1.73 bits per heavy atom. The second kappa shape index (κ2) is 13.0. The van der Waals surface area contributed by atoms with Gasteiger partial charge in [-0.1, -0.05) is 42.5 Å². The zero-order valence-corrected chi connectivity index (χ0v) is 21.4. The quantitative estimate of drug-likeness (QED) is 0.325. The second-order valence-corrected chi connectivity index (χ2v) is 9.07. The highest BCUT2D eigenvalue weighted by Crippen LogP contribution is 2.31. The summed E-state index contributed by atoms with van der Waals surface area (Å²) < 4.78 is 47.4. The van der Waals surface area contributed by atoms with Gasteiger partial charge in [0.15, 0.2) is 0 Å². The SMILES string of the molecule is O=C(O)CCNC(=O)c1ccc(C2COC(=Nc3ccc(OC(F)(F)F)cc3)N2CCCc2ccccc2)cc1. The molecule has 40 heavy (non-hydrogen) atoms. The number of carboxylic acid groups (broad SMARTS) is 1. The molecule has 0 bridgehead atoms. The fourth-order valence-electron chi connectivity index (χ4n) is 4.26. The molecule has 0 aliphatic carbocycles. The van der Waals surface area contributed by atoms with E-state index in [4.69, 9.17) is 9.84 Å². The van der Waals surface area contributed by atoms with Gasteiger partial charge in [0.25, 0.3) is 11.9 Å². The van der Waals surface area contributed by atoms with Crippen molar-refractivity contribution in [2.75, 3.05) is 19.7 Å². The van der Waals surface area contributed by atoms with E-state index in [-0.39, 0.29) is 30.7 Å². The predicted molar refractivity (Wildman–Crippen MR) is 141 cm³/mol. The number of aliphatic carboxylic acids is 1. The minimum absolute atomic E-state index is 0.0324. The molecule has 0 aromatic heterocycles. The van der Waals surface area contributed by atoms with Crippen molar-refractivity contribution in [3.05, 3.63) is 95.6 Å². The van der Waals surface area contributed by atoms with Gasteiger partial charge < -0.3 is 24.8 Å². The van der Waals surface area contributed by atoms with Crippen LogP contribution in [0.3, 0.4) is 0 Å². The second-order valence-electron chi connectivity index (χ2n) is 9.07. The highest BCUT2D eigenvalue weighted by molar-refractivity contribution is 5.94. The van der Waals surface area contributed by atoms with Gasteiger partial charge in [0.2, 0.25) is 0 Å². The van der Waals surface area contributed by atoms with Crippen molar-refractivity contribution in [2.45, 2.75) is 31.7 Å². The number of carbonyl (C=O) groups is 2. The summed E-state index contributed by atoms with van der Waals surface area (Å²) in [6.07, 6.45) is -3.32. The van der Waals surface area contributed by atoms with Gasteiger partial charge in [-0.25, -0.2) is 0 Å². The summed E-state index contributed by atoms with van der Waals surface area (Å²) in [6, 6.07) is 22.4. The van der Waals surface area contributed by atoms with Crippen LogP contribution >= 0.6 is 0 Å². The highest BCUT2D eigenvalue weighted by Gasteiger charge is 2.33. The van der Waals surface area contributed by atoms with E-state index in [1.807, 2.05) is 35.2 Å². The van der Waals surface area contributed by atoms with Gasteiger partial charge in [0, 0.05) is 18.7 Å². The van der Waals surface area contributed by atoms with E-state index in [9.17, 15) is 22.8 Å². The van der Waals surface area contributed by atoms with Crippen LogP contribution in [-0.4, -0.2) is 54.0 Å². The van der Waals surface area contributed by atoms with Gasteiger partial charge >= 0.3 is 12.3 Å². The number of ether oxygens (including phenoxy) is 2. The van der Waals surface area contributed by atoms with Crippen molar-refractivity contribution < 1.29 is 37.3 Å². The molecule has 3 aromatic carbocycles. The van der Waals surface area contributed by atoms with Gasteiger partial charge in [-0.3, -0.25) is 9.59 Å². The number of amidine groups is 1. The van der Waals surface area contributed by atoms with E-state index in [0.717, 1.165) is 18.4 Å². The van der Waals surface area contributed by atoms with E-state index < -0.39 is 12.3 Å². The van der Waals surface area contributed by atoms with Crippen LogP contribution in [0.4, 0.5) is 18.9 Å². The summed E-state index contributed by atoms with van der Waals surface area (Å²) in [5.41, 5.74) is 2.89. The maximum atomic E-state index is 12.5. The summed E-state index contributed by atoms with van der Waals surface area (Å²) in [7, 11) is 0. The van der Waals surface area contributed by atoms with Gasteiger partial charge in [0.05, 0.1) is 18.2 Å². The maximum absolute atomic E-state index is 12.5. The normalized spacial score (nSPS) is 16.0. The van der Waals surface area contributed by atoms with E-state index in [2.05, 4.69) is 27.2 Å². The van der Waals surface area contributed by atoms with Crippen molar-refractivity contribution in [3.63, 3.8) is 0 Å². The minimum Gasteiger partial charge on any atom is -0.481 e. The number of nitrogens with one attached hydrogen (secondary N) is 1. The third kappa shape index (κ3) is 8.23. The van der Waals surface area contributed by atoms with Crippen molar-refractivity contribution in [2.24, 2.45) is 4.99 Å². The lowest BCUT2D eigenvalue weighted by atomic mass is 10.0. The van der Waals surface area contributed by atoms with Gasteiger partial charge in [-0.15, -0.1) is 13.2 Å². The van der Waals surface area contributed by atoms with E-state index >= 15 is 0 Å². The zero-order valence-electron chi connectivity index (χ0n) is 21.4. The number of nitrogens with zero attached hydrogens (tertiary/aromatic N) is 2. The number of carboxylic acids is 1. The number of halogens is 3. The van der Waals surface area contributed by atoms with Crippen molar-refractivity contribution in [3.8, 4) is 5.75 Å². The molecule has 1 aliphatic rings. The first-order chi connectivity index (χ1) is 19.2. The topological polar surface area (TPSA) is 100 Å². The first-order valence-corrected chi connectivity index (χ1v) is 12.7. The third-order valence-corrected chi connectivity index (χ3v) is 6.18. The maximum Gasteiger partial charge on any atom is 0.573 e. The van der Waals surface area contributed by atoms with E-state index in [1.165, 1.54) is 29.8 Å². The molecule has 1 aliphatic heterocycles. The van der Waals surface area contributed by atoms with Crippen molar-refractivity contribution >= 4 is 23.6 Å². The molecule has 0 spiro atoms. The summed E-state index contributed by atoms with van der Waals surface area (Å²) in [5.74, 6) is -1.70. The number of benzene rings is 3. The van der Waals surface area contributed by atoms with E-state index in [1.54, 1.807) is 12.1 Å². The van der Waals surface area contributed by atoms with Crippen LogP contribution in [0.2, 0.25) is 0 Å². The largest absolute Gasteiger partial charge is 0.573 e. The highest BCUT2D eigenvalue weighted by atomic mass is 19.4. The van der Waals surface area contributed by atoms with Crippen LogP contribution in [-0.2, 0) is 16.0 Å². The van der Waals surface area contributed by atoms with Crippen LogP contribution in [0, 0.1) is 0 Å². The molecule has 1 atom stereocenters. The minimum atomic E-state index is -4.78. The van der Waals surface area contributed by atoms with Crippen LogP contribution in [0.5, 0.6) is 5.75 Å². The van der Waals surface area contributed by atoms with Crippen LogP contribution in [0.25, 0.3) is 0 Å². The van der Waals surface area contributed by atoms with Crippen LogP contribution in [0.1, 0.15) is 40.4 Å². The van der Waals surface area contributed by atoms with Crippen molar-refractivity contribution in [1.29, 1.82) is 0 Å². The number of aliphatic imine (C=N–C) groups is 1. The number of hydrogen-bond donors (Lipinski definition) is 2. The summed E-state index contributed by atoms with van der Waals surface area (Å²) in [6.45, 7) is 0.930. The average molecular weight is 556 g/mol. The Hall–Kier alpha value is -4.54. The molecule has 2 N–H and O–H groups in total. The molecule has 1 unspecified atom stereocenters. The molecule has 0 saturated carbocycles. The molecule has 1 fully saturated rings. The van der Waals surface area contributed by atoms with Crippen LogP contribution < -0.4 is 10.1 Å².